The molecule has 0 aliphatic rings. The normalized spacial score (nSPS) is 6.78. The Labute approximate surface area is 127 Å². The monoisotopic (exact) mass is 362 g/mol. The van der Waals surface area contributed by atoms with Crippen LogP contribution in [-0.4, -0.2) is 34.3 Å². The van der Waals surface area contributed by atoms with Crippen LogP contribution >= 0.6 is 33.0 Å². The fourth-order valence-electron chi connectivity index (χ4n) is 0. The summed E-state index contributed by atoms with van der Waals surface area (Å²) in [5.74, 6) is 0. The molecular weight excluding hydrogens is 351 g/mol. The maximum atomic E-state index is 8.70. The predicted molar refractivity (Wildman–Crippen MR) is 52.7 cm³/mol. The van der Waals surface area contributed by atoms with Crippen LogP contribution in [0.5, 0.6) is 0 Å². The van der Waals surface area contributed by atoms with Crippen LogP contribution in [0.25, 0.3) is 0 Å². The molecule has 0 aromatic rings. The molecule has 0 spiro atoms. The van der Waals surface area contributed by atoms with Crippen LogP contribution in [0.3, 0.4) is 0 Å². The molecule has 0 aliphatic carbocycles. The van der Waals surface area contributed by atoms with Gasteiger partial charge in [-0.1, -0.05) is 7.43 Å². The van der Waals surface area contributed by atoms with Crippen molar-refractivity contribution in [3.8, 4) is 0 Å². The van der Waals surface area contributed by atoms with Crippen LogP contribution in [0.2, 0.25) is 0 Å². The van der Waals surface area contributed by atoms with E-state index in [1.807, 2.05) is 0 Å². The fraction of sp³-hybridized carbons (Fsp3) is 1.00. The molecular formula is CH11NaO12P4+4. The zero-order chi connectivity index (χ0) is 14.3. The minimum absolute atomic E-state index is 0. The van der Waals surface area contributed by atoms with Gasteiger partial charge in [0.2, 0.25) is 0 Å². The van der Waals surface area contributed by atoms with Crippen molar-refractivity contribution >= 4 is 33.0 Å². The fourth-order valence-corrected chi connectivity index (χ4v) is 0. The molecule has 0 aromatic heterocycles. The second kappa shape index (κ2) is 30.8. The van der Waals surface area contributed by atoms with Crippen molar-refractivity contribution in [3.05, 3.63) is 0 Å². The molecule has 0 saturated heterocycles. The Kier molecular flexibility index (Phi) is 62.4. The van der Waals surface area contributed by atoms with Gasteiger partial charge in [-0.15, -0.1) is 29.4 Å². The Balaban J connectivity index is -0.0000000257. The average molecular weight is 362 g/mol. The van der Waals surface area contributed by atoms with Crippen LogP contribution < -0.4 is 34.5 Å². The van der Waals surface area contributed by atoms with Gasteiger partial charge < -0.3 is 4.89 Å². The Morgan fingerprint density at radius 2 is 0.611 bits per heavy atom. The summed E-state index contributed by atoms with van der Waals surface area (Å²) in [6.45, 7) is 0. The second-order valence-electron chi connectivity index (χ2n) is 0.996. The molecule has 0 bridgehead atoms. The third-order valence-corrected chi connectivity index (χ3v) is 0. The molecule has 7 N–H and O–H groups in total. The van der Waals surface area contributed by atoms with Crippen molar-refractivity contribution in [2.45, 2.75) is 7.43 Å². The Morgan fingerprint density at radius 3 is 0.611 bits per heavy atom. The zero-order valence-electron chi connectivity index (χ0n) is 7.96. The van der Waals surface area contributed by atoms with Gasteiger partial charge in [0.1, 0.15) is 0 Å². The predicted octanol–water partition coefficient (Wildman–Crippen LogP) is -4.48. The van der Waals surface area contributed by atoms with Crippen molar-refractivity contribution in [2.75, 3.05) is 0 Å². The van der Waals surface area contributed by atoms with Gasteiger partial charge in [-0.05, 0) is 4.57 Å². The van der Waals surface area contributed by atoms with Gasteiger partial charge in [0.25, 0.3) is 0 Å². The van der Waals surface area contributed by atoms with Crippen molar-refractivity contribution in [1.82, 2.24) is 0 Å². The van der Waals surface area contributed by atoms with Crippen LogP contribution in [0.15, 0.2) is 0 Å². The van der Waals surface area contributed by atoms with Gasteiger partial charge >= 0.3 is 62.6 Å². The van der Waals surface area contributed by atoms with E-state index in [4.69, 9.17) is 57.4 Å². The molecule has 0 heterocycles. The second-order valence-corrected chi connectivity index (χ2v) is 2.99. The maximum absolute atomic E-state index is 8.70. The summed E-state index contributed by atoms with van der Waals surface area (Å²) in [4.78, 5) is 58.3. The summed E-state index contributed by atoms with van der Waals surface area (Å²) in [5.41, 5.74) is 0. The topological polar surface area (TPSA) is 233 Å². The van der Waals surface area contributed by atoms with E-state index < -0.39 is 33.0 Å². The first-order valence-corrected chi connectivity index (χ1v) is 6.94. The van der Waals surface area contributed by atoms with Gasteiger partial charge in [-0.3, -0.25) is 0 Å². The average Bonchev–Trinajstić information content (AvgIpc) is 1.76. The SMILES string of the molecule is C.O=[P+](O)O.O=[P+](O)O.O=[P+](O)O.O=[P+]([O-])O.[Na+]. The standard InChI is InChI=1S/CH4.Na.4HO3P/c;;4*1-4(2)3/h1H4;;3*(H-,1,2,3);(H,1,2,3)/q;+1;;;;/p+3. The minimum atomic E-state index is -3.12. The summed E-state index contributed by atoms with van der Waals surface area (Å²) in [6, 6.07) is 0. The molecule has 17 heteroatoms. The van der Waals surface area contributed by atoms with Crippen molar-refractivity contribution in [2.24, 2.45) is 0 Å². The molecule has 0 fully saturated rings. The van der Waals surface area contributed by atoms with Crippen LogP contribution in [0.4, 0.5) is 0 Å². The first kappa shape index (κ1) is 36.5. The van der Waals surface area contributed by atoms with Gasteiger partial charge in [0.15, 0.2) is 0 Å². The van der Waals surface area contributed by atoms with Crippen molar-refractivity contribution in [3.63, 3.8) is 0 Å². The first-order valence-electron chi connectivity index (χ1n) is 2.31. The van der Waals surface area contributed by atoms with Crippen molar-refractivity contribution in [1.29, 1.82) is 0 Å². The smallest absolute Gasteiger partial charge is 0.567 e. The Hall–Kier alpha value is 1.08. The third-order valence-electron chi connectivity index (χ3n) is 0. The van der Waals surface area contributed by atoms with E-state index >= 15 is 0 Å². The molecule has 1 unspecified atom stereocenters. The van der Waals surface area contributed by atoms with Gasteiger partial charge in [0, 0.05) is 13.7 Å². The molecule has 0 aromatic carbocycles. The summed E-state index contributed by atoms with van der Waals surface area (Å²) in [5, 5.41) is 0. The van der Waals surface area contributed by atoms with E-state index in [1.165, 1.54) is 0 Å². The maximum Gasteiger partial charge on any atom is 1.00 e. The van der Waals surface area contributed by atoms with Gasteiger partial charge in [0.05, 0.1) is 0 Å². The number of hydrogen-bond donors (Lipinski definition) is 7. The van der Waals surface area contributed by atoms with E-state index in [0.29, 0.717) is 0 Å². The van der Waals surface area contributed by atoms with Crippen LogP contribution in [0.1, 0.15) is 7.43 Å². The molecule has 0 amide bonds. The quantitative estimate of drug-likeness (QED) is 0.160. The van der Waals surface area contributed by atoms with E-state index in [0.717, 1.165) is 0 Å². The Bertz CT molecular complexity index is 164. The summed E-state index contributed by atoms with van der Waals surface area (Å²) >= 11 is 0. The minimum Gasteiger partial charge on any atom is -0.567 e. The molecule has 0 saturated carbocycles. The third kappa shape index (κ3) is 3790. The first-order chi connectivity index (χ1) is 6.93. The van der Waals surface area contributed by atoms with E-state index in [-0.39, 0.29) is 37.0 Å². The van der Waals surface area contributed by atoms with Crippen molar-refractivity contribution < 1.29 is 87.0 Å². The molecule has 104 valence electrons. The summed E-state index contributed by atoms with van der Waals surface area (Å²) in [6.07, 6.45) is 0. The van der Waals surface area contributed by atoms with E-state index in [2.05, 4.69) is 0 Å². The van der Waals surface area contributed by atoms with Crippen LogP contribution in [-0.2, 0) is 18.3 Å². The largest absolute Gasteiger partial charge is 1.00 e. The number of hydrogen-bond acceptors (Lipinski definition) is 5. The molecule has 0 rings (SSSR count). The molecule has 0 aliphatic heterocycles. The molecule has 18 heavy (non-hydrogen) atoms. The zero-order valence-corrected chi connectivity index (χ0v) is 13.5. The number of rotatable bonds is 0. The van der Waals surface area contributed by atoms with Gasteiger partial charge in [-0.25, -0.2) is 0 Å². The summed E-state index contributed by atoms with van der Waals surface area (Å²) < 4.78 is 34.7. The molecule has 12 nitrogen and oxygen atoms in total. The Morgan fingerprint density at radius 1 is 0.611 bits per heavy atom. The molecule has 0 radical (unpaired) electrons. The van der Waals surface area contributed by atoms with E-state index in [9.17, 15) is 0 Å². The van der Waals surface area contributed by atoms with Gasteiger partial charge in [-0.2, -0.15) is 4.89 Å². The van der Waals surface area contributed by atoms with E-state index in [1.54, 1.807) is 0 Å². The van der Waals surface area contributed by atoms with Crippen LogP contribution in [0, 0.1) is 0 Å². The molecule has 1 atom stereocenters. The summed E-state index contributed by atoms with van der Waals surface area (Å²) in [7, 11) is -11.7.